The number of halogens is 1. The third-order valence-corrected chi connectivity index (χ3v) is 4.07. The number of nitrogens with one attached hydrogen (secondary N) is 2. The first kappa shape index (κ1) is 16.4. The molecule has 2 aromatic rings. The smallest absolute Gasteiger partial charge is 0.315 e. The van der Waals surface area contributed by atoms with Crippen LogP contribution >= 0.6 is 15.9 Å². The van der Waals surface area contributed by atoms with E-state index in [1.165, 1.54) is 0 Å². The van der Waals surface area contributed by atoms with Crippen molar-refractivity contribution in [3.63, 3.8) is 0 Å². The predicted octanol–water partition coefficient (Wildman–Crippen LogP) is 4.02. The minimum absolute atomic E-state index is 0.0896. The van der Waals surface area contributed by atoms with E-state index >= 15 is 0 Å². The Hall–Kier alpha value is -2.01. The molecule has 0 aliphatic rings. The van der Waals surface area contributed by atoms with Crippen LogP contribution in [-0.4, -0.2) is 13.1 Å². The first-order chi connectivity index (χ1) is 10.6. The highest BCUT2D eigenvalue weighted by Crippen LogP contribution is 2.22. The minimum atomic E-state index is -0.214. The van der Waals surface area contributed by atoms with Gasteiger partial charge in [-0.1, -0.05) is 52.3 Å². The lowest BCUT2D eigenvalue weighted by Gasteiger charge is -2.17. The van der Waals surface area contributed by atoms with Crippen molar-refractivity contribution >= 4 is 22.0 Å². The molecule has 2 amide bonds. The lowest BCUT2D eigenvalue weighted by molar-refractivity contribution is 0.237. The van der Waals surface area contributed by atoms with E-state index in [-0.39, 0.29) is 12.1 Å². The van der Waals surface area contributed by atoms with Gasteiger partial charge < -0.3 is 15.4 Å². The van der Waals surface area contributed by atoms with Gasteiger partial charge in [0.2, 0.25) is 0 Å². The van der Waals surface area contributed by atoms with Crippen LogP contribution in [0.5, 0.6) is 5.75 Å². The molecule has 0 saturated heterocycles. The van der Waals surface area contributed by atoms with Gasteiger partial charge in [0.05, 0.1) is 13.2 Å². The third-order valence-electron chi connectivity index (χ3n) is 3.35. The number of urea groups is 1. The number of benzene rings is 2. The van der Waals surface area contributed by atoms with Crippen LogP contribution in [0.3, 0.4) is 0 Å². The maximum Gasteiger partial charge on any atom is 0.315 e. The van der Waals surface area contributed by atoms with Gasteiger partial charge in [0.25, 0.3) is 0 Å². The average molecular weight is 363 g/mol. The van der Waals surface area contributed by atoms with E-state index in [4.69, 9.17) is 4.74 Å². The molecule has 0 fully saturated rings. The molecule has 22 heavy (non-hydrogen) atoms. The van der Waals surface area contributed by atoms with E-state index < -0.39 is 0 Å². The average Bonchev–Trinajstić information content (AvgIpc) is 2.53. The van der Waals surface area contributed by atoms with Gasteiger partial charge in [-0.25, -0.2) is 4.79 Å². The van der Waals surface area contributed by atoms with Crippen LogP contribution in [0.25, 0.3) is 0 Å². The fraction of sp³-hybridized carbons (Fsp3) is 0.235. The SMILES string of the molecule is COc1ccccc1CNC(=O)N[C@H](C)c1ccccc1Br. The van der Waals surface area contributed by atoms with Crippen molar-refractivity contribution in [3.8, 4) is 5.75 Å². The van der Waals surface area contributed by atoms with Gasteiger partial charge in [0, 0.05) is 16.6 Å². The van der Waals surface area contributed by atoms with Gasteiger partial charge in [-0.15, -0.1) is 0 Å². The molecule has 0 spiro atoms. The van der Waals surface area contributed by atoms with Crippen LogP contribution in [0.15, 0.2) is 53.0 Å². The third kappa shape index (κ3) is 4.24. The topological polar surface area (TPSA) is 50.4 Å². The molecule has 0 aliphatic carbocycles. The highest BCUT2D eigenvalue weighted by atomic mass is 79.9. The molecule has 0 unspecified atom stereocenters. The summed E-state index contributed by atoms with van der Waals surface area (Å²) in [5.41, 5.74) is 1.98. The molecule has 5 heteroatoms. The Morgan fingerprint density at radius 3 is 2.59 bits per heavy atom. The molecule has 1 atom stereocenters. The predicted molar refractivity (Wildman–Crippen MR) is 90.9 cm³/mol. The molecular formula is C17H19BrN2O2. The molecular weight excluding hydrogens is 344 g/mol. The van der Waals surface area contributed by atoms with Crippen molar-refractivity contribution < 1.29 is 9.53 Å². The minimum Gasteiger partial charge on any atom is -0.496 e. The Labute approximate surface area is 139 Å². The number of ether oxygens (including phenoxy) is 1. The summed E-state index contributed by atoms with van der Waals surface area (Å²) in [5.74, 6) is 0.765. The van der Waals surface area contributed by atoms with E-state index in [0.717, 1.165) is 21.3 Å². The zero-order chi connectivity index (χ0) is 15.9. The number of rotatable bonds is 5. The Bertz CT molecular complexity index is 646. The van der Waals surface area contributed by atoms with Gasteiger partial charge in [-0.2, -0.15) is 0 Å². The summed E-state index contributed by atoms with van der Waals surface area (Å²) >= 11 is 3.49. The van der Waals surface area contributed by atoms with Crippen molar-refractivity contribution in [2.75, 3.05) is 7.11 Å². The Morgan fingerprint density at radius 1 is 1.18 bits per heavy atom. The number of para-hydroxylation sites is 1. The molecule has 0 aliphatic heterocycles. The van der Waals surface area contributed by atoms with Gasteiger partial charge in [0.15, 0.2) is 0 Å². The number of hydrogen-bond donors (Lipinski definition) is 2. The van der Waals surface area contributed by atoms with Crippen molar-refractivity contribution in [3.05, 3.63) is 64.1 Å². The quantitative estimate of drug-likeness (QED) is 0.843. The second-order valence-corrected chi connectivity index (χ2v) is 5.74. The van der Waals surface area contributed by atoms with Crippen molar-refractivity contribution in [2.24, 2.45) is 0 Å². The van der Waals surface area contributed by atoms with Crippen LogP contribution in [0, 0.1) is 0 Å². The summed E-state index contributed by atoms with van der Waals surface area (Å²) in [4.78, 5) is 12.0. The van der Waals surface area contributed by atoms with Crippen molar-refractivity contribution in [2.45, 2.75) is 19.5 Å². The Balaban J connectivity index is 1.92. The van der Waals surface area contributed by atoms with E-state index in [2.05, 4.69) is 26.6 Å². The molecule has 2 N–H and O–H groups in total. The molecule has 116 valence electrons. The summed E-state index contributed by atoms with van der Waals surface area (Å²) in [5, 5.41) is 5.77. The zero-order valence-corrected chi connectivity index (χ0v) is 14.2. The molecule has 4 nitrogen and oxygen atoms in total. The normalized spacial score (nSPS) is 11.6. The number of carbonyl (C=O) groups excluding carboxylic acids is 1. The molecule has 0 saturated carbocycles. The number of hydrogen-bond acceptors (Lipinski definition) is 2. The molecule has 0 bridgehead atoms. The van der Waals surface area contributed by atoms with Crippen LogP contribution in [-0.2, 0) is 6.54 Å². The van der Waals surface area contributed by atoms with Crippen LogP contribution in [0.1, 0.15) is 24.1 Å². The van der Waals surface area contributed by atoms with Gasteiger partial charge in [-0.3, -0.25) is 0 Å². The molecule has 2 rings (SSSR count). The zero-order valence-electron chi connectivity index (χ0n) is 12.6. The second kappa shape index (κ2) is 7.84. The van der Waals surface area contributed by atoms with E-state index in [0.29, 0.717) is 6.54 Å². The molecule has 0 heterocycles. The fourth-order valence-electron chi connectivity index (χ4n) is 2.18. The monoisotopic (exact) mass is 362 g/mol. The second-order valence-electron chi connectivity index (χ2n) is 4.88. The lowest BCUT2D eigenvalue weighted by atomic mass is 10.1. The maximum absolute atomic E-state index is 12.0. The largest absolute Gasteiger partial charge is 0.496 e. The summed E-state index contributed by atoms with van der Waals surface area (Å²) in [7, 11) is 1.62. The molecule has 0 aromatic heterocycles. The van der Waals surface area contributed by atoms with Gasteiger partial charge >= 0.3 is 6.03 Å². The van der Waals surface area contributed by atoms with E-state index in [1.807, 2.05) is 55.5 Å². The summed E-state index contributed by atoms with van der Waals surface area (Å²) in [6, 6.07) is 15.2. The summed E-state index contributed by atoms with van der Waals surface area (Å²) in [6.45, 7) is 2.36. The number of methoxy groups -OCH3 is 1. The van der Waals surface area contributed by atoms with E-state index in [1.54, 1.807) is 7.11 Å². The Morgan fingerprint density at radius 2 is 1.86 bits per heavy atom. The first-order valence-electron chi connectivity index (χ1n) is 7.02. The molecule has 2 aromatic carbocycles. The van der Waals surface area contributed by atoms with Crippen LogP contribution in [0.4, 0.5) is 4.79 Å². The fourth-order valence-corrected chi connectivity index (χ4v) is 2.80. The highest BCUT2D eigenvalue weighted by Gasteiger charge is 2.12. The van der Waals surface area contributed by atoms with Gasteiger partial charge in [-0.05, 0) is 24.6 Å². The molecule has 0 radical (unpaired) electrons. The maximum atomic E-state index is 12.0. The van der Waals surface area contributed by atoms with Crippen molar-refractivity contribution in [1.29, 1.82) is 0 Å². The van der Waals surface area contributed by atoms with Gasteiger partial charge in [0.1, 0.15) is 5.75 Å². The summed E-state index contributed by atoms with van der Waals surface area (Å²) in [6.07, 6.45) is 0. The van der Waals surface area contributed by atoms with E-state index in [9.17, 15) is 4.79 Å². The first-order valence-corrected chi connectivity index (χ1v) is 7.81. The van der Waals surface area contributed by atoms with Crippen LogP contribution < -0.4 is 15.4 Å². The highest BCUT2D eigenvalue weighted by molar-refractivity contribution is 9.10. The van der Waals surface area contributed by atoms with Crippen LogP contribution in [0.2, 0.25) is 0 Å². The standard InChI is InChI=1S/C17H19BrN2O2/c1-12(14-8-4-5-9-15(14)18)20-17(21)19-11-13-7-3-6-10-16(13)22-2/h3-10,12H,11H2,1-2H3,(H2,19,20,21)/t12-/m1/s1. The number of amides is 2. The van der Waals surface area contributed by atoms with Crippen molar-refractivity contribution in [1.82, 2.24) is 10.6 Å². The lowest BCUT2D eigenvalue weighted by Crippen LogP contribution is -2.36. The Kier molecular flexibility index (Phi) is 5.83. The number of carbonyl (C=O) groups is 1. The summed E-state index contributed by atoms with van der Waals surface area (Å²) < 4.78 is 6.25.